The summed E-state index contributed by atoms with van der Waals surface area (Å²) < 4.78 is 11.3. The van der Waals surface area contributed by atoms with E-state index in [-0.39, 0.29) is 25.0 Å². The number of pyridine rings is 1. The third-order valence-corrected chi connectivity index (χ3v) is 5.96. The Morgan fingerprint density at radius 2 is 1.97 bits per heavy atom. The van der Waals surface area contributed by atoms with Gasteiger partial charge in [0, 0.05) is 38.6 Å². The van der Waals surface area contributed by atoms with Crippen LogP contribution < -0.4 is 0 Å². The molecule has 1 atom stereocenters. The standard InChI is InChI=1S/C23H30N4O5/c1-25(6-10-28)23(30)18-14-20(24-19-5-3-2-4-17(18)19)21-15-27(9-13-32-21)22(29)16-26-7-11-31-12-8-26/h2-5,14,21,28H,6-13,15-16H2,1H3/t21-/m1/s1. The van der Waals surface area contributed by atoms with Gasteiger partial charge in [0.15, 0.2) is 0 Å². The number of rotatable bonds is 6. The molecule has 9 heteroatoms. The van der Waals surface area contributed by atoms with E-state index in [1.807, 2.05) is 29.2 Å². The van der Waals surface area contributed by atoms with E-state index < -0.39 is 6.10 Å². The first-order chi connectivity index (χ1) is 15.6. The van der Waals surface area contributed by atoms with Crippen LogP contribution in [0.25, 0.3) is 10.9 Å². The molecule has 0 unspecified atom stereocenters. The van der Waals surface area contributed by atoms with E-state index in [9.17, 15) is 14.7 Å². The SMILES string of the molecule is CN(CCO)C(=O)c1cc([C@H]2CN(C(=O)CN3CCOCC3)CCO2)nc2ccccc12. The lowest BCUT2D eigenvalue weighted by Crippen LogP contribution is -2.48. The molecule has 0 bridgehead atoms. The van der Waals surface area contributed by atoms with Gasteiger partial charge in [0.05, 0.1) is 56.3 Å². The number of ether oxygens (including phenoxy) is 2. The third kappa shape index (κ3) is 5.07. The van der Waals surface area contributed by atoms with E-state index in [0.717, 1.165) is 18.5 Å². The Morgan fingerprint density at radius 3 is 2.75 bits per heavy atom. The van der Waals surface area contributed by atoms with Crippen LogP contribution in [0, 0.1) is 0 Å². The van der Waals surface area contributed by atoms with Crippen molar-refractivity contribution in [2.24, 2.45) is 0 Å². The van der Waals surface area contributed by atoms with Crippen molar-refractivity contribution in [3.05, 3.63) is 41.6 Å². The predicted molar refractivity (Wildman–Crippen MR) is 118 cm³/mol. The molecule has 9 nitrogen and oxygen atoms in total. The Morgan fingerprint density at radius 1 is 1.19 bits per heavy atom. The molecule has 2 aliphatic heterocycles. The minimum Gasteiger partial charge on any atom is -0.395 e. The molecule has 1 aromatic carbocycles. The van der Waals surface area contributed by atoms with Crippen molar-refractivity contribution in [2.45, 2.75) is 6.10 Å². The Balaban J connectivity index is 1.55. The average Bonchev–Trinajstić information content (AvgIpc) is 2.83. The number of benzene rings is 1. The topological polar surface area (TPSA) is 95.4 Å². The second kappa shape index (κ2) is 10.4. The maximum Gasteiger partial charge on any atom is 0.254 e. The number of carbonyl (C=O) groups excluding carboxylic acids is 2. The van der Waals surface area contributed by atoms with Crippen LogP contribution >= 0.6 is 0 Å². The molecule has 2 fully saturated rings. The maximum absolute atomic E-state index is 13.0. The molecule has 0 saturated carbocycles. The van der Waals surface area contributed by atoms with E-state index in [4.69, 9.17) is 14.5 Å². The zero-order valence-electron chi connectivity index (χ0n) is 18.4. The Labute approximate surface area is 187 Å². The number of hydrogen-bond acceptors (Lipinski definition) is 7. The summed E-state index contributed by atoms with van der Waals surface area (Å²) in [7, 11) is 1.66. The van der Waals surface area contributed by atoms with Gasteiger partial charge >= 0.3 is 0 Å². The van der Waals surface area contributed by atoms with Gasteiger partial charge in [-0.15, -0.1) is 0 Å². The zero-order valence-corrected chi connectivity index (χ0v) is 18.4. The zero-order chi connectivity index (χ0) is 22.5. The molecule has 0 spiro atoms. The number of amides is 2. The maximum atomic E-state index is 13.0. The third-order valence-electron chi connectivity index (χ3n) is 5.96. The average molecular weight is 443 g/mol. The van der Waals surface area contributed by atoms with Crippen molar-refractivity contribution < 1.29 is 24.2 Å². The normalized spacial score (nSPS) is 19.8. The van der Waals surface area contributed by atoms with Crippen LogP contribution in [0.5, 0.6) is 0 Å². The molecule has 3 heterocycles. The molecule has 2 saturated heterocycles. The molecular formula is C23H30N4O5. The Kier molecular flexibility index (Phi) is 7.31. The van der Waals surface area contributed by atoms with Crippen LogP contribution in [-0.4, -0.2) is 109 Å². The summed E-state index contributed by atoms with van der Waals surface area (Å²) in [4.78, 5) is 36.1. The van der Waals surface area contributed by atoms with Gasteiger partial charge in [-0.2, -0.15) is 0 Å². The summed E-state index contributed by atoms with van der Waals surface area (Å²) >= 11 is 0. The highest BCUT2D eigenvalue weighted by Crippen LogP contribution is 2.27. The summed E-state index contributed by atoms with van der Waals surface area (Å²) in [6.45, 7) is 4.70. The van der Waals surface area contributed by atoms with Gasteiger partial charge in [-0.05, 0) is 12.1 Å². The van der Waals surface area contributed by atoms with Crippen LogP contribution in [0.2, 0.25) is 0 Å². The quantitative estimate of drug-likeness (QED) is 0.697. The van der Waals surface area contributed by atoms with Crippen molar-refractivity contribution in [1.82, 2.24) is 19.7 Å². The van der Waals surface area contributed by atoms with Crippen molar-refractivity contribution in [2.75, 3.05) is 72.7 Å². The van der Waals surface area contributed by atoms with Crippen molar-refractivity contribution in [1.29, 1.82) is 0 Å². The largest absolute Gasteiger partial charge is 0.395 e. The molecule has 1 aromatic heterocycles. The highest BCUT2D eigenvalue weighted by atomic mass is 16.5. The molecule has 32 heavy (non-hydrogen) atoms. The highest BCUT2D eigenvalue weighted by molar-refractivity contribution is 6.06. The van der Waals surface area contributed by atoms with Crippen molar-refractivity contribution >= 4 is 22.7 Å². The molecule has 2 aliphatic rings. The number of fused-ring (bicyclic) bond motifs is 1. The number of nitrogens with zero attached hydrogens (tertiary/aromatic N) is 4. The number of likely N-dealkylation sites (N-methyl/N-ethyl adjacent to an activating group) is 1. The van der Waals surface area contributed by atoms with Crippen molar-refractivity contribution in [3.63, 3.8) is 0 Å². The van der Waals surface area contributed by atoms with Crippen LogP contribution in [0.1, 0.15) is 22.2 Å². The van der Waals surface area contributed by atoms with Crippen molar-refractivity contribution in [3.8, 4) is 0 Å². The highest BCUT2D eigenvalue weighted by Gasteiger charge is 2.29. The van der Waals surface area contributed by atoms with E-state index >= 15 is 0 Å². The molecule has 0 aliphatic carbocycles. The molecule has 2 aromatic rings. The van der Waals surface area contributed by atoms with E-state index in [1.54, 1.807) is 13.1 Å². The van der Waals surface area contributed by atoms with Gasteiger partial charge in [0.2, 0.25) is 5.91 Å². The fraction of sp³-hybridized carbons (Fsp3) is 0.522. The predicted octanol–water partition coefficient (Wildman–Crippen LogP) is 0.531. The monoisotopic (exact) mass is 442 g/mol. The first-order valence-electron chi connectivity index (χ1n) is 11.0. The molecule has 0 radical (unpaired) electrons. The molecule has 2 amide bonds. The van der Waals surface area contributed by atoms with E-state index in [1.165, 1.54) is 4.90 Å². The summed E-state index contributed by atoms with van der Waals surface area (Å²) in [6.07, 6.45) is -0.406. The van der Waals surface area contributed by atoms with Crippen LogP contribution in [0.3, 0.4) is 0 Å². The number of aromatic nitrogens is 1. The number of aliphatic hydroxyl groups excluding tert-OH is 1. The first-order valence-corrected chi connectivity index (χ1v) is 11.0. The first kappa shape index (κ1) is 22.6. The molecule has 4 rings (SSSR count). The van der Waals surface area contributed by atoms with Crippen LogP contribution in [-0.2, 0) is 14.3 Å². The van der Waals surface area contributed by atoms with Gasteiger partial charge in [0.1, 0.15) is 6.10 Å². The van der Waals surface area contributed by atoms with Gasteiger partial charge in [-0.25, -0.2) is 4.98 Å². The fourth-order valence-corrected chi connectivity index (χ4v) is 4.10. The van der Waals surface area contributed by atoms with Gasteiger partial charge in [-0.3, -0.25) is 14.5 Å². The van der Waals surface area contributed by atoms with Crippen LogP contribution in [0.4, 0.5) is 0 Å². The summed E-state index contributed by atoms with van der Waals surface area (Å²) in [5.41, 5.74) is 1.85. The molecular weight excluding hydrogens is 412 g/mol. The number of carbonyl (C=O) groups is 2. The lowest BCUT2D eigenvalue weighted by molar-refractivity contribution is -0.141. The fourth-order valence-electron chi connectivity index (χ4n) is 4.10. The minimum absolute atomic E-state index is 0.0694. The number of morpholine rings is 2. The number of hydrogen-bond donors (Lipinski definition) is 1. The summed E-state index contributed by atoms with van der Waals surface area (Å²) in [5.74, 6) is -0.116. The van der Waals surface area contributed by atoms with Gasteiger partial charge < -0.3 is 24.4 Å². The molecule has 1 N–H and O–H groups in total. The van der Waals surface area contributed by atoms with Gasteiger partial charge in [0.25, 0.3) is 5.91 Å². The smallest absolute Gasteiger partial charge is 0.254 e. The van der Waals surface area contributed by atoms with E-state index in [0.29, 0.717) is 56.2 Å². The number of para-hydroxylation sites is 1. The van der Waals surface area contributed by atoms with Crippen LogP contribution in [0.15, 0.2) is 30.3 Å². The molecule has 172 valence electrons. The minimum atomic E-state index is -0.406. The lowest BCUT2D eigenvalue weighted by Gasteiger charge is -2.35. The Bertz CT molecular complexity index is 963. The Hall–Kier alpha value is -2.59. The van der Waals surface area contributed by atoms with Gasteiger partial charge in [-0.1, -0.05) is 18.2 Å². The second-order valence-corrected chi connectivity index (χ2v) is 8.15. The van der Waals surface area contributed by atoms with E-state index in [2.05, 4.69) is 4.90 Å². The number of aliphatic hydroxyl groups is 1. The summed E-state index contributed by atoms with van der Waals surface area (Å²) in [6, 6.07) is 9.25. The lowest BCUT2D eigenvalue weighted by atomic mass is 10.0. The second-order valence-electron chi connectivity index (χ2n) is 8.15. The summed E-state index contributed by atoms with van der Waals surface area (Å²) in [5, 5.41) is 9.98.